The predicted octanol–water partition coefficient (Wildman–Crippen LogP) is 3.33. The summed E-state index contributed by atoms with van der Waals surface area (Å²) >= 11 is 0. The van der Waals surface area contributed by atoms with Crippen molar-refractivity contribution in [3.63, 3.8) is 0 Å². The molecule has 24 heavy (non-hydrogen) atoms. The zero-order valence-corrected chi connectivity index (χ0v) is 14.0. The van der Waals surface area contributed by atoms with Gasteiger partial charge in [-0.3, -0.25) is 9.59 Å². The molecule has 1 aromatic heterocycles. The number of benzene rings is 1. The Balaban J connectivity index is 2.28. The molecular weight excluding hydrogens is 308 g/mol. The van der Waals surface area contributed by atoms with Gasteiger partial charge in [0.2, 0.25) is 0 Å². The monoisotopic (exact) mass is 328 g/mol. The zero-order chi connectivity index (χ0) is 17.5. The van der Waals surface area contributed by atoms with Crippen LogP contribution in [0.15, 0.2) is 36.4 Å². The molecule has 0 unspecified atom stereocenters. The lowest BCUT2D eigenvalue weighted by Crippen LogP contribution is -2.16. The molecule has 1 N–H and O–H groups in total. The minimum absolute atomic E-state index is 0.0815. The van der Waals surface area contributed by atoms with Gasteiger partial charge in [-0.05, 0) is 30.7 Å². The molecule has 126 valence electrons. The number of para-hydroxylation sites is 1. The average molecular weight is 328 g/mol. The van der Waals surface area contributed by atoms with Crippen molar-refractivity contribution in [1.29, 1.82) is 0 Å². The van der Waals surface area contributed by atoms with Gasteiger partial charge in [0.1, 0.15) is 28.6 Å². The first kappa shape index (κ1) is 17.5. The van der Waals surface area contributed by atoms with Crippen LogP contribution in [0.4, 0.5) is 5.69 Å². The van der Waals surface area contributed by atoms with E-state index in [0.717, 1.165) is 6.42 Å². The molecule has 0 aliphatic carbocycles. The van der Waals surface area contributed by atoms with Gasteiger partial charge in [0, 0.05) is 6.42 Å². The third-order valence-electron chi connectivity index (χ3n) is 3.41. The van der Waals surface area contributed by atoms with Crippen LogP contribution >= 0.6 is 0 Å². The van der Waals surface area contributed by atoms with E-state index in [2.05, 4.69) is 10.3 Å². The highest BCUT2D eigenvalue weighted by molar-refractivity contribution is 6.05. The zero-order valence-electron chi connectivity index (χ0n) is 14.0. The van der Waals surface area contributed by atoms with Crippen molar-refractivity contribution in [2.75, 3.05) is 19.5 Å². The van der Waals surface area contributed by atoms with Gasteiger partial charge >= 0.3 is 0 Å². The molecule has 2 aromatic rings. The minimum Gasteiger partial charge on any atom is -0.494 e. The second-order valence-corrected chi connectivity index (χ2v) is 5.07. The number of amides is 1. The molecule has 6 heteroatoms. The van der Waals surface area contributed by atoms with E-state index < -0.39 is 5.91 Å². The normalized spacial score (nSPS) is 10.1. The smallest absolute Gasteiger partial charge is 0.274 e. The van der Waals surface area contributed by atoms with E-state index in [1.54, 1.807) is 36.4 Å². The van der Waals surface area contributed by atoms with Gasteiger partial charge in [-0.1, -0.05) is 19.1 Å². The number of pyridine rings is 1. The summed E-state index contributed by atoms with van der Waals surface area (Å²) in [6.45, 7) is 1.92. The van der Waals surface area contributed by atoms with Gasteiger partial charge < -0.3 is 14.8 Å². The van der Waals surface area contributed by atoms with Crippen molar-refractivity contribution in [3.8, 4) is 11.5 Å². The number of aromatic nitrogens is 1. The molecule has 1 aromatic carbocycles. The average Bonchev–Trinajstić information content (AvgIpc) is 2.62. The van der Waals surface area contributed by atoms with E-state index >= 15 is 0 Å². The summed E-state index contributed by atoms with van der Waals surface area (Å²) in [6, 6.07) is 10.00. The summed E-state index contributed by atoms with van der Waals surface area (Å²) in [7, 11) is 3.01. The molecule has 0 atom stereocenters. The Labute approximate surface area is 140 Å². The maximum absolute atomic E-state index is 12.5. The lowest BCUT2D eigenvalue weighted by molar-refractivity contribution is 0.0976. The first-order valence-electron chi connectivity index (χ1n) is 7.63. The maximum atomic E-state index is 12.5. The quantitative estimate of drug-likeness (QED) is 0.789. The molecule has 0 aliphatic rings. The molecule has 0 saturated heterocycles. The highest BCUT2D eigenvalue weighted by Gasteiger charge is 2.16. The Hall–Kier alpha value is -2.89. The van der Waals surface area contributed by atoms with E-state index in [-0.39, 0.29) is 17.2 Å². The Morgan fingerprint density at radius 1 is 1.00 bits per heavy atom. The first-order valence-corrected chi connectivity index (χ1v) is 7.63. The summed E-state index contributed by atoms with van der Waals surface area (Å²) < 4.78 is 10.5. The number of carbonyl (C=O) groups excluding carboxylic acids is 2. The van der Waals surface area contributed by atoms with Crippen molar-refractivity contribution in [3.05, 3.63) is 47.8 Å². The predicted molar refractivity (Wildman–Crippen MR) is 91.0 cm³/mol. The van der Waals surface area contributed by atoms with Crippen LogP contribution in [0.5, 0.6) is 11.5 Å². The second kappa shape index (κ2) is 8.10. The van der Waals surface area contributed by atoms with E-state index in [1.807, 2.05) is 6.92 Å². The molecule has 2 rings (SSSR count). The second-order valence-electron chi connectivity index (χ2n) is 5.07. The molecule has 1 heterocycles. The molecule has 0 aliphatic heterocycles. The molecule has 0 radical (unpaired) electrons. The Morgan fingerprint density at radius 3 is 2.17 bits per heavy atom. The van der Waals surface area contributed by atoms with Crippen LogP contribution in [0.25, 0.3) is 0 Å². The van der Waals surface area contributed by atoms with Crippen LogP contribution in [0.1, 0.15) is 40.7 Å². The number of hydrogen-bond donors (Lipinski definition) is 1. The van der Waals surface area contributed by atoms with Gasteiger partial charge in [-0.25, -0.2) is 4.98 Å². The molecule has 0 spiro atoms. The Kier molecular flexibility index (Phi) is 5.89. The van der Waals surface area contributed by atoms with Crippen molar-refractivity contribution in [2.24, 2.45) is 0 Å². The van der Waals surface area contributed by atoms with Gasteiger partial charge in [0.15, 0.2) is 5.78 Å². The van der Waals surface area contributed by atoms with Crippen LogP contribution in [0, 0.1) is 0 Å². The number of rotatable bonds is 7. The fourth-order valence-electron chi connectivity index (χ4n) is 2.22. The van der Waals surface area contributed by atoms with Crippen molar-refractivity contribution in [1.82, 2.24) is 4.98 Å². The van der Waals surface area contributed by atoms with E-state index in [4.69, 9.17) is 9.47 Å². The molecule has 0 bridgehead atoms. The van der Waals surface area contributed by atoms with Crippen LogP contribution < -0.4 is 14.8 Å². The number of methoxy groups -OCH3 is 2. The molecule has 0 saturated carbocycles. The number of nitrogens with one attached hydrogen (secondary N) is 1. The van der Waals surface area contributed by atoms with E-state index in [9.17, 15) is 9.59 Å². The molecule has 6 nitrogen and oxygen atoms in total. The fourth-order valence-corrected chi connectivity index (χ4v) is 2.22. The van der Waals surface area contributed by atoms with Crippen molar-refractivity contribution in [2.45, 2.75) is 19.8 Å². The summed E-state index contributed by atoms with van der Waals surface area (Å²) in [5.41, 5.74) is 0.862. The van der Waals surface area contributed by atoms with Crippen molar-refractivity contribution >= 4 is 17.4 Å². The van der Waals surface area contributed by atoms with E-state index in [0.29, 0.717) is 23.6 Å². The number of carbonyl (C=O) groups is 2. The van der Waals surface area contributed by atoms with Gasteiger partial charge in [0.25, 0.3) is 5.91 Å². The number of ketones is 1. The maximum Gasteiger partial charge on any atom is 0.274 e. The summed E-state index contributed by atoms with van der Waals surface area (Å²) in [5.74, 6) is 0.424. The summed E-state index contributed by atoms with van der Waals surface area (Å²) in [4.78, 5) is 28.6. The number of ether oxygens (including phenoxy) is 2. The largest absolute Gasteiger partial charge is 0.494 e. The van der Waals surface area contributed by atoms with Crippen LogP contribution in [-0.2, 0) is 0 Å². The van der Waals surface area contributed by atoms with Gasteiger partial charge in [0.05, 0.1) is 14.2 Å². The van der Waals surface area contributed by atoms with Crippen LogP contribution in [-0.4, -0.2) is 30.9 Å². The fraction of sp³-hybridized carbons (Fsp3) is 0.278. The van der Waals surface area contributed by atoms with Gasteiger partial charge in [-0.2, -0.15) is 0 Å². The van der Waals surface area contributed by atoms with Crippen LogP contribution in [0.3, 0.4) is 0 Å². The third-order valence-corrected chi connectivity index (χ3v) is 3.41. The third kappa shape index (κ3) is 3.90. The summed E-state index contributed by atoms with van der Waals surface area (Å²) in [6.07, 6.45) is 1.13. The number of nitrogens with zero attached hydrogens (tertiary/aromatic N) is 1. The molecular formula is C18H20N2O4. The van der Waals surface area contributed by atoms with Gasteiger partial charge in [-0.15, -0.1) is 0 Å². The lowest BCUT2D eigenvalue weighted by atomic mass is 10.1. The minimum atomic E-state index is -0.441. The number of Topliss-reactive ketones (excluding diaryl/α,β-unsaturated/α-hetero) is 1. The first-order chi connectivity index (χ1) is 11.6. The molecule has 1 amide bonds. The SMILES string of the molecule is CCCC(=O)c1cccc(C(=O)Nc2c(OC)cccc2OC)n1. The lowest BCUT2D eigenvalue weighted by Gasteiger charge is -2.13. The summed E-state index contributed by atoms with van der Waals surface area (Å²) in [5, 5.41) is 2.73. The Bertz CT molecular complexity index is 721. The number of anilines is 1. The highest BCUT2D eigenvalue weighted by atomic mass is 16.5. The van der Waals surface area contributed by atoms with Crippen LogP contribution in [0.2, 0.25) is 0 Å². The highest BCUT2D eigenvalue weighted by Crippen LogP contribution is 2.34. The Morgan fingerprint density at radius 2 is 1.58 bits per heavy atom. The standard InChI is InChI=1S/C18H20N2O4/c1-4-7-14(21)12-8-5-9-13(19-12)18(22)20-17-15(23-2)10-6-11-16(17)24-3/h5-6,8-11H,4,7H2,1-3H3,(H,20,22). The topological polar surface area (TPSA) is 77.5 Å². The van der Waals surface area contributed by atoms with E-state index in [1.165, 1.54) is 14.2 Å². The van der Waals surface area contributed by atoms with Crippen molar-refractivity contribution < 1.29 is 19.1 Å². The molecule has 0 fully saturated rings. The number of hydrogen-bond acceptors (Lipinski definition) is 5.